The fourth-order valence-electron chi connectivity index (χ4n) is 4.18. The van der Waals surface area contributed by atoms with Crippen LogP contribution in [0.2, 0.25) is 0 Å². The Kier molecular flexibility index (Phi) is 5.45. The Morgan fingerprint density at radius 2 is 1.62 bits per heavy atom. The maximum atomic E-state index is 11.5. The first-order valence-electron chi connectivity index (χ1n) is 8.62. The summed E-state index contributed by atoms with van der Waals surface area (Å²) in [6.07, 6.45) is 5.19. The van der Waals surface area contributed by atoms with E-state index in [0.717, 1.165) is 51.7 Å². The summed E-state index contributed by atoms with van der Waals surface area (Å²) in [5.74, 6) is 0. The van der Waals surface area contributed by atoms with Crippen LogP contribution in [0.25, 0.3) is 0 Å². The molecule has 1 saturated carbocycles. The molecule has 1 atom stereocenters. The van der Waals surface area contributed by atoms with E-state index in [0.29, 0.717) is 0 Å². The predicted octanol–water partition coefficient (Wildman–Crippen LogP) is 3.98. The minimum atomic E-state index is -0.550. The van der Waals surface area contributed by atoms with E-state index in [1.165, 1.54) is 5.56 Å². The number of hydrogen-bond acceptors (Lipinski definition) is 2. The molecule has 1 aromatic rings. The molecule has 21 heavy (non-hydrogen) atoms. The molecule has 1 aliphatic rings. The lowest BCUT2D eigenvalue weighted by atomic mass is 9.64. The van der Waals surface area contributed by atoms with Gasteiger partial charge in [-0.1, -0.05) is 63.9 Å². The zero-order valence-corrected chi connectivity index (χ0v) is 13.9. The van der Waals surface area contributed by atoms with Crippen molar-refractivity contribution in [2.24, 2.45) is 0 Å². The van der Waals surface area contributed by atoms with Gasteiger partial charge in [0.2, 0.25) is 0 Å². The Morgan fingerprint density at radius 1 is 1.05 bits per heavy atom. The van der Waals surface area contributed by atoms with E-state index in [4.69, 9.17) is 0 Å². The molecule has 118 valence electrons. The van der Waals surface area contributed by atoms with E-state index in [2.05, 4.69) is 56.0 Å². The van der Waals surface area contributed by atoms with Gasteiger partial charge >= 0.3 is 0 Å². The van der Waals surface area contributed by atoms with E-state index in [1.807, 2.05) is 0 Å². The van der Waals surface area contributed by atoms with Gasteiger partial charge in [-0.2, -0.15) is 0 Å². The largest absolute Gasteiger partial charge is 0.389 e. The number of rotatable bonds is 7. The number of likely N-dealkylation sites (N-methyl/N-ethyl adjacent to an activating group) is 1. The van der Waals surface area contributed by atoms with Crippen LogP contribution >= 0.6 is 0 Å². The minimum Gasteiger partial charge on any atom is -0.389 e. The maximum absolute atomic E-state index is 11.5. The van der Waals surface area contributed by atoms with E-state index >= 15 is 0 Å². The Morgan fingerprint density at radius 3 is 2.10 bits per heavy atom. The van der Waals surface area contributed by atoms with Crippen LogP contribution in [0.3, 0.4) is 0 Å². The molecule has 0 heterocycles. The fraction of sp³-hybridized carbons (Fsp3) is 0.684. The molecule has 0 spiro atoms. The van der Waals surface area contributed by atoms with Crippen molar-refractivity contribution in [3.63, 3.8) is 0 Å². The third-order valence-corrected chi connectivity index (χ3v) is 5.64. The van der Waals surface area contributed by atoms with Crippen LogP contribution in [-0.4, -0.2) is 35.2 Å². The molecule has 1 N–H and O–H groups in total. The van der Waals surface area contributed by atoms with Crippen LogP contribution in [0, 0.1) is 0 Å². The second kappa shape index (κ2) is 6.93. The lowest BCUT2D eigenvalue weighted by molar-refractivity contribution is -0.0510. The summed E-state index contributed by atoms with van der Waals surface area (Å²) in [6.45, 7) is 9.72. The van der Waals surface area contributed by atoms with Crippen LogP contribution in [0.1, 0.15) is 58.4 Å². The first-order valence-corrected chi connectivity index (χ1v) is 8.62. The normalized spacial score (nSPS) is 20.6. The van der Waals surface area contributed by atoms with Gasteiger partial charge in [-0.05, 0) is 37.9 Å². The van der Waals surface area contributed by atoms with Crippen molar-refractivity contribution in [3.05, 3.63) is 35.9 Å². The van der Waals surface area contributed by atoms with Crippen molar-refractivity contribution in [3.8, 4) is 0 Å². The Balaban J connectivity index is 2.45. The summed E-state index contributed by atoms with van der Waals surface area (Å²) in [5.41, 5.74) is 0.617. The van der Waals surface area contributed by atoms with Gasteiger partial charge in [0, 0.05) is 12.0 Å². The Labute approximate surface area is 130 Å². The molecule has 2 rings (SSSR count). The molecule has 2 nitrogen and oxygen atoms in total. The van der Waals surface area contributed by atoms with E-state index in [9.17, 15) is 5.11 Å². The maximum Gasteiger partial charge on any atom is 0.0756 e. The van der Waals surface area contributed by atoms with Gasteiger partial charge in [0.05, 0.1) is 5.60 Å². The quantitative estimate of drug-likeness (QED) is 0.820. The van der Waals surface area contributed by atoms with Gasteiger partial charge in [0.25, 0.3) is 0 Å². The highest BCUT2D eigenvalue weighted by atomic mass is 16.3. The number of benzene rings is 1. The van der Waals surface area contributed by atoms with Gasteiger partial charge in [-0.3, -0.25) is 0 Å². The third kappa shape index (κ3) is 3.02. The Bertz CT molecular complexity index is 420. The molecule has 2 heteroatoms. The average Bonchev–Trinajstić information content (AvgIpc) is 2.98. The zero-order chi connectivity index (χ0) is 15.3. The average molecular weight is 289 g/mol. The van der Waals surface area contributed by atoms with Crippen LogP contribution < -0.4 is 0 Å². The van der Waals surface area contributed by atoms with E-state index < -0.39 is 5.60 Å². The SMILES string of the molecule is CCN(CC)CC(CC)(c1ccccc1)C1(O)CCCC1. The lowest BCUT2D eigenvalue weighted by Gasteiger charge is -2.48. The van der Waals surface area contributed by atoms with Crippen LogP contribution in [0.5, 0.6) is 0 Å². The highest BCUT2D eigenvalue weighted by Gasteiger charge is 2.51. The van der Waals surface area contributed by atoms with Gasteiger partial charge in [0.15, 0.2) is 0 Å². The summed E-state index contributed by atoms with van der Waals surface area (Å²) in [4.78, 5) is 2.47. The molecule has 1 aromatic carbocycles. The molecule has 1 unspecified atom stereocenters. The van der Waals surface area contributed by atoms with Crippen LogP contribution in [0.4, 0.5) is 0 Å². The smallest absolute Gasteiger partial charge is 0.0756 e. The first-order chi connectivity index (χ1) is 10.1. The van der Waals surface area contributed by atoms with Crippen molar-refractivity contribution >= 4 is 0 Å². The molecule has 1 aliphatic carbocycles. The third-order valence-electron chi connectivity index (χ3n) is 5.64. The lowest BCUT2D eigenvalue weighted by Crippen LogP contribution is -2.56. The zero-order valence-electron chi connectivity index (χ0n) is 13.9. The highest BCUT2D eigenvalue weighted by Crippen LogP contribution is 2.48. The summed E-state index contributed by atoms with van der Waals surface area (Å²) in [7, 11) is 0. The standard InChI is InChI=1S/C19H31NO/c1-4-18(16-20(5-2)6-3,17-12-8-7-9-13-17)19(21)14-10-11-15-19/h7-9,12-13,21H,4-6,10-11,14-16H2,1-3H3. The number of nitrogens with zero attached hydrogens (tertiary/aromatic N) is 1. The van der Waals surface area contributed by atoms with Gasteiger partial charge < -0.3 is 10.0 Å². The van der Waals surface area contributed by atoms with Crippen molar-refractivity contribution in [2.45, 2.75) is 63.9 Å². The van der Waals surface area contributed by atoms with Crippen molar-refractivity contribution in [1.82, 2.24) is 4.90 Å². The summed E-state index contributed by atoms with van der Waals surface area (Å²) in [5, 5.41) is 11.5. The van der Waals surface area contributed by atoms with Crippen molar-refractivity contribution < 1.29 is 5.11 Å². The van der Waals surface area contributed by atoms with E-state index in [1.54, 1.807) is 0 Å². The predicted molar refractivity (Wildman–Crippen MR) is 89.6 cm³/mol. The summed E-state index contributed by atoms with van der Waals surface area (Å²) in [6, 6.07) is 10.7. The molecule has 0 amide bonds. The van der Waals surface area contributed by atoms with Crippen molar-refractivity contribution in [1.29, 1.82) is 0 Å². The van der Waals surface area contributed by atoms with Crippen molar-refractivity contribution in [2.75, 3.05) is 19.6 Å². The van der Waals surface area contributed by atoms with E-state index in [-0.39, 0.29) is 5.41 Å². The highest BCUT2D eigenvalue weighted by molar-refractivity contribution is 5.31. The minimum absolute atomic E-state index is 0.142. The summed E-state index contributed by atoms with van der Waals surface area (Å²) < 4.78 is 0. The van der Waals surface area contributed by atoms with Crippen LogP contribution in [-0.2, 0) is 5.41 Å². The number of aliphatic hydroxyl groups is 1. The molecule has 0 bridgehead atoms. The fourth-order valence-corrected chi connectivity index (χ4v) is 4.18. The number of hydrogen-bond donors (Lipinski definition) is 1. The first kappa shape index (κ1) is 16.5. The molecule has 1 fully saturated rings. The molecule has 0 radical (unpaired) electrons. The second-order valence-corrected chi connectivity index (χ2v) is 6.50. The Hall–Kier alpha value is -0.860. The van der Waals surface area contributed by atoms with Gasteiger partial charge in [-0.15, -0.1) is 0 Å². The van der Waals surface area contributed by atoms with Crippen LogP contribution in [0.15, 0.2) is 30.3 Å². The monoisotopic (exact) mass is 289 g/mol. The molecule has 0 aliphatic heterocycles. The second-order valence-electron chi connectivity index (χ2n) is 6.50. The van der Waals surface area contributed by atoms with Gasteiger partial charge in [-0.25, -0.2) is 0 Å². The van der Waals surface area contributed by atoms with Gasteiger partial charge in [0.1, 0.15) is 0 Å². The topological polar surface area (TPSA) is 23.5 Å². The molecular weight excluding hydrogens is 258 g/mol. The molecular formula is C19H31NO. The summed E-state index contributed by atoms with van der Waals surface area (Å²) >= 11 is 0. The molecule has 0 aromatic heterocycles. The molecule has 0 saturated heterocycles.